The molecule has 1 aliphatic heterocycles. The van der Waals surface area contributed by atoms with Crippen molar-refractivity contribution in [3.63, 3.8) is 0 Å². The molecule has 0 bridgehead atoms. The van der Waals surface area contributed by atoms with Crippen LogP contribution in [-0.2, 0) is 6.54 Å². The molecule has 7 heteroatoms. The molecule has 0 saturated carbocycles. The van der Waals surface area contributed by atoms with Crippen LogP contribution in [0, 0.1) is 11.3 Å². The lowest BCUT2D eigenvalue weighted by molar-refractivity contribution is 0.787. The number of hydrogen-bond donors (Lipinski definition) is 1. The minimum atomic E-state index is -0.174. The predicted octanol–water partition coefficient (Wildman–Crippen LogP) is 2.05. The first-order chi connectivity index (χ1) is 12.3. The number of H-pyrrole nitrogens is 1. The maximum atomic E-state index is 13.0. The van der Waals surface area contributed by atoms with Crippen molar-refractivity contribution in [2.24, 2.45) is 0 Å². The highest BCUT2D eigenvalue weighted by Gasteiger charge is 2.23. The van der Waals surface area contributed by atoms with E-state index in [0.717, 1.165) is 16.8 Å². The molecule has 2 aromatic rings. The van der Waals surface area contributed by atoms with Crippen molar-refractivity contribution in [3.05, 3.63) is 76.1 Å². The highest BCUT2D eigenvalue weighted by atomic mass is 16.1. The van der Waals surface area contributed by atoms with E-state index in [1.807, 2.05) is 42.5 Å². The van der Waals surface area contributed by atoms with Crippen LogP contribution in [0.4, 0.5) is 0 Å². The summed E-state index contributed by atoms with van der Waals surface area (Å²) >= 11 is 0. The minimum Gasteiger partial charge on any atom is -0.303 e. The van der Waals surface area contributed by atoms with Crippen molar-refractivity contribution in [1.82, 2.24) is 25.2 Å². The maximum absolute atomic E-state index is 13.0. The molecule has 0 unspecified atom stereocenters. The molecule has 0 amide bonds. The van der Waals surface area contributed by atoms with E-state index in [0.29, 0.717) is 17.7 Å². The molecule has 1 aromatic carbocycles. The molecule has 0 radical (unpaired) electrons. The van der Waals surface area contributed by atoms with Gasteiger partial charge in [-0.1, -0.05) is 36.4 Å². The van der Waals surface area contributed by atoms with Gasteiger partial charge < -0.3 is 4.57 Å². The van der Waals surface area contributed by atoms with Crippen molar-refractivity contribution < 1.29 is 0 Å². The molecule has 0 fully saturated rings. The van der Waals surface area contributed by atoms with E-state index in [1.54, 1.807) is 16.7 Å². The third-order valence-electron chi connectivity index (χ3n) is 4.03. The zero-order valence-corrected chi connectivity index (χ0v) is 13.0. The lowest BCUT2D eigenvalue weighted by Crippen LogP contribution is -2.17. The van der Waals surface area contributed by atoms with E-state index in [4.69, 9.17) is 5.26 Å². The van der Waals surface area contributed by atoms with Gasteiger partial charge >= 0.3 is 0 Å². The molecule has 2 aliphatic rings. The van der Waals surface area contributed by atoms with Gasteiger partial charge in [0.15, 0.2) is 0 Å². The first-order valence-electron chi connectivity index (χ1n) is 7.62. The Hall–Kier alpha value is -3.79. The summed E-state index contributed by atoms with van der Waals surface area (Å²) in [6, 6.07) is 18.7. The molecule has 0 spiro atoms. The van der Waals surface area contributed by atoms with Crippen molar-refractivity contribution in [1.29, 1.82) is 5.26 Å². The maximum Gasteiger partial charge on any atom is 0.263 e. The fourth-order valence-corrected chi connectivity index (χ4v) is 2.85. The van der Waals surface area contributed by atoms with Crippen LogP contribution in [0.1, 0.15) is 11.1 Å². The summed E-state index contributed by atoms with van der Waals surface area (Å²) in [4.78, 5) is 13.0. The van der Waals surface area contributed by atoms with Gasteiger partial charge in [0.1, 0.15) is 0 Å². The Bertz CT molecular complexity index is 1090. The van der Waals surface area contributed by atoms with E-state index in [9.17, 15) is 4.79 Å². The zero-order chi connectivity index (χ0) is 17.2. The van der Waals surface area contributed by atoms with Gasteiger partial charge in [-0.25, -0.2) is 0 Å². The van der Waals surface area contributed by atoms with E-state index in [1.165, 1.54) is 0 Å². The number of nitrogens with zero attached hydrogens (tertiary/aromatic N) is 5. The Morgan fingerprint density at radius 1 is 1.08 bits per heavy atom. The van der Waals surface area contributed by atoms with Crippen molar-refractivity contribution >= 4 is 0 Å². The van der Waals surface area contributed by atoms with Crippen molar-refractivity contribution in [2.75, 3.05) is 0 Å². The van der Waals surface area contributed by atoms with E-state index < -0.39 is 0 Å². The smallest absolute Gasteiger partial charge is 0.263 e. The molecular formula is C18H12N6O. The second-order valence-electron chi connectivity index (χ2n) is 5.52. The van der Waals surface area contributed by atoms with Crippen LogP contribution < -0.4 is 5.56 Å². The first kappa shape index (κ1) is 14.8. The number of aromatic amines is 1. The monoisotopic (exact) mass is 328 g/mol. The number of tetrazole rings is 1. The van der Waals surface area contributed by atoms with Gasteiger partial charge in [-0.3, -0.25) is 4.79 Å². The zero-order valence-electron chi connectivity index (χ0n) is 13.0. The molecule has 4 rings (SSSR count). The summed E-state index contributed by atoms with van der Waals surface area (Å²) in [7, 11) is 0. The van der Waals surface area contributed by atoms with Gasteiger partial charge in [0.05, 0.1) is 29.4 Å². The summed E-state index contributed by atoms with van der Waals surface area (Å²) in [6.45, 7) is 0.392. The quantitative estimate of drug-likeness (QED) is 0.620. The summed E-state index contributed by atoms with van der Waals surface area (Å²) in [6.07, 6.45) is 0. The van der Waals surface area contributed by atoms with E-state index >= 15 is 0 Å². The molecule has 1 N–H and O–H groups in total. The lowest BCUT2D eigenvalue weighted by Gasteiger charge is -2.06. The fourth-order valence-electron chi connectivity index (χ4n) is 2.85. The summed E-state index contributed by atoms with van der Waals surface area (Å²) in [5, 5.41) is 22.8. The minimum absolute atomic E-state index is 0.174. The Morgan fingerprint density at radius 2 is 1.88 bits per heavy atom. The van der Waals surface area contributed by atoms with Gasteiger partial charge in [0, 0.05) is 5.56 Å². The standard InChI is InChI=1S/C18H12N6O/c19-10-12-6-8-13(9-7-12)11-24-15-5-3-1-2-4-14(15)16(18(24)25)17-20-22-23-21-17/h1-9H,11H2,(H,20,21,22,23). The van der Waals surface area contributed by atoms with Crippen molar-refractivity contribution in [3.8, 4) is 28.7 Å². The van der Waals surface area contributed by atoms with Crippen LogP contribution in [-0.4, -0.2) is 25.2 Å². The molecule has 25 heavy (non-hydrogen) atoms. The van der Waals surface area contributed by atoms with Gasteiger partial charge in [-0.15, -0.1) is 10.2 Å². The molecule has 0 saturated heterocycles. The summed E-state index contributed by atoms with van der Waals surface area (Å²) in [5.41, 5.74) is 3.33. The van der Waals surface area contributed by atoms with Gasteiger partial charge in [-0.2, -0.15) is 10.5 Å². The Labute approximate surface area is 142 Å². The van der Waals surface area contributed by atoms with Crippen LogP contribution in [0.15, 0.2) is 59.4 Å². The van der Waals surface area contributed by atoms with Gasteiger partial charge in [-0.05, 0) is 29.0 Å². The topological polar surface area (TPSA) is 100 Å². The normalized spacial score (nSPS) is 10.7. The Balaban J connectivity index is 1.88. The molecule has 2 heterocycles. The number of hydrogen-bond acceptors (Lipinski definition) is 5. The first-order valence-corrected chi connectivity index (χ1v) is 7.62. The SMILES string of the molecule is N#Cc1ccc(Cn2c3cccccc-3c(-c3nn[nH]n3)c2=O)cc1. The lowest BCUT2D eigenvalue weighted by atomic mass is 10.1. The number of rotatable bonds is 3. The van der Waals surface area contributed by atoms with Crippen LogP contribution in [0.2, 0.25) is 0 Å². The third-order valence-corrected chi connectivity index (χ3v) is 4.03. The van der Waals surface area contributed by atoms with E-state index in [-0.39, 0.29) is 11.4 Å². The summed E-state index contributed by atoms with van der Waals surface area (Å²) < 4.78 is 1.68. The highest BCUT2D eigenvalue weighted by molar-refractivity contribution is 5.80. The Kier molecular flexibility index (Phi) is 3.56. The predicted molar refractivity (Wildman–Crippen MR) is 90.8 cm³/mol. The molecule has 120 valence electrons. The van der Waals surface area contributed by atoms with Crippen LogP contribution >= 0.6 is 0 Å². The number of aromatic nitrogens is 5. The number of nitriles is 1. The van der Waals surface area contributed by atoms with E-state index in [2.05, 4.69) is 26.7 Å². The molecule has 1 aromatic heterocycles. The highest BCUT2D eigenvalue weighted by Crippen LogP contribution is 2.29. The molecule has 1 aliphatic carbocycles. The number of nitrogens with one attached hydrogen (secondary N) is 1. The van der Waals surface area contributed by atoms with Gasteiger partial charge in [0.25, 0.3) is 5.56 Å². The summed E-state index contributed by atoms with van der Waals surface area (Å²) in [5.74, 6) is 0.278. The number of fused-ring (bicyclic) bond motifs is 1. The Morgan fingerprint density at radius 3 is 2.60 bits per heavy atom. The molecular weight excluding hydrogens is 316 g/mol. The van der Waals surface area contributed by atoms with Gasteiger partial charge in [0.2, 0.25) is 5.82 Å². The number of benzene rings is 1. The molecule has 7 nitrogen and oxygen atoms in total. The molecule has 0 atom stereocenters. The second-order valence-corrected chi connectivity index (χ2v) is 5.52. The average Bonchev–Trinajstić information content (AvgIpc) is 3.16. The van der Waals surface area contributed by atoms with Crippen LogP contribution in [0.25, 0.3) is 22.6 Å². The van der Waals surface area contributed by atoms with Crippen LogP contribution in [0.3, 0.4) is 0 Å². The van der Waals surface area contributed by atoms with Crippen molar-refractivity contribution in [2.45, 2.75) is 6.54 Å². The fraction of sp³-hybridized carbons (Fsp3) is 0.0556. The third kappa shape index (κ3) is 2.56. The van der Waals surface area contributed by atoms with Crippen LogP contribution in [0.5, 0.6) is 0 Å². The largest absolute Gasteiger partial charge is 0.303 e. The second kappa shape index (κ2) is 6.02. The average molecular weight is 328 g/mol.